The Hall–Kier alpha value is -0.570. The van der Waals surface area contributed by atoms with Crippen LogP contribution in [0.25, 0.3) is 0 Å². The Morgan fingerprint density at radius 3 is 2.21 bits per heavy atom. The minimum atomic E-state index is -0.194. The van der Waals surface area contributed by atoms with Gasteiger partial charge in [-0.1, -0.05) is 0 Å². The molecule has 4 saturated carbocycles. The second-order valence-corrected chi connectivity index (χ2v) is 7.33. The van der Waals surface area contributed by atoms with Crippen LogP contribution in [0.3, 0.4) is 0 Å². The second kappa shape index (κ2) is 5.08. The van der Waals surface area contributed by atoms with Gasteiger partial charge in [0, 0.05) is 12.5 Å². The molecule has 0 aliphatic heterocycles. The molecule has 0 amide bonds. The van der Waals surface area contributed by atoms with E-state index in [4.69, 9.17) is 9.84 Å². The number of hydrogen-bond acceptors (Lipinski definition) is 3. The first-order valence-corrected chi connectivity index (χ1v) is 7.68. The van der Waals surface area contributed by atoms with Crippen molar-refractivity contribution in [3.63, 3.8) is 0 Å². The Bertz CT molecular complexity index is 315. The van der Waals surface area contributed by atoms with Crippen LogP contribution in [-0.4, -0.2) is 24.3 Å². The minimum Gasteiger partial charge on any atom is -0.465 e. The highest BCUT2D eigenvalue weighted by atomic mass is 16.5. The fourth-order valence-electron chi connectivity index (χ4n) is 5.13. The van der Waals surface area contributed by atoms with Crippen LogP contribution in [0, 0.1) is 36.0 Å². The molecule has 0 aromatic carbocycles. The number of aliphatic hydroxyl groups is 1. The monoisotopic (exact) mass is 265 g/mol. The highest BCUT2D eigenvalue weighted by molar-refractivity contribution is 5.70. The number of ether oxygens (including phenoxy) is 1. The van der Waals surface area contributed by atoms with E-state index in [9.17, 15) is 4.79 Å². The van der Waals surface area contributed by atoms with Crippen molar-refractivity contribution in [2.45, 2.75) is 44.9 Å². The normalized spacial score (nSPS) is 41.3. The summed E-state index contributed by atoms with van der Waals surface area (Å²) in [5.74, 6) is 2.34. The molecule has 4 fully saturated rings. The zero-order valence-electron chi connectivity index (χ0n) is 11.6. The fourth-order valence-corrected chi connectivity index (χ4v) is 5.13. The molecule has 0 aromatic rings. The van der Waals surface area contributed by atoms with Gasteiger partial charge in [0.15, 0.2) is 0 Å². The van der Waals surface area contributed by atoms with E-state index in [0.29, 0.717) is 6.42 Å². The van der Waals surface area contributed by atoms with Crippen LogP contribution in [0.15, 0.2) is 0 Å². The van der Waals surface area contributed by atoms with E-state index in [2.05, 4.69) is 6.92 Å². The molecule has 0 aromatic heterocycles. The number of esters is 1. The van der Waals surface area contributed by atoms with Gasteiger partial charge in [-0.2, -0.15) is 0 Å². The predicted octanol–water partition coefficient (Wildman–Crippen LogP) is 2.58. The summed E-state index contributed by atoms with van der Waals surface area (Å²) in [5, 5.41) is 8.90. The molecule has 1 N–H and O–H groups in total. The van der Waals surface area contributed by atoms with Gasteiger partial charge in [-0.25, -0.2) is 0 Å². The maximum atomic E-state index is 12.0. The van der Waals surface area contributed by atoms with Gasteiger partial charge in [-0.05, 0) is 68.6 Å². The van der Waals surface area contributed by atoms with Gasteiger partial charge in [0.1, 0.15) is 0 Å². The summed E-state index contributed by atoms with van der Waals surface area (Å²) in [7, 11) is 0. The van der Waals surface area contributed by atoms with Gasteiger partial charge >= 0.3 is 5.97 Å². The Kier molecular flexibility index (Phi) is 3.59. The summed E-state index contributed by atoms with van der Waals surface area (Å²) in [6.45, 7) is 3.96. The van der Waals surface area contributed by atoms with Crippen molar-refractivity contribution in [1.29, 1.82) is 0 Å². The van der Waals surface area contributed by atoms with Crippen LogP contribution in [0.5, 0.6) is 0 Å². The van der Waals surface area contributed by atoms with Crippen LogP contribution in [0.1, 0.15) is 44.9 Å². The SMILES string of the molecule is [CH2]C(CO)COC(=O)CC12CC3CC(CC(C3)C1)C2. The van der Waals surface area contributed by atoms with E-state index >= 15 is 0 Å². The molecule has 0 heterocycles. The summed E-state index contributed by atoms with van der Waals surface area (Å²) < 4.78 is 5.27. The average Bonchev–Trinajstić information content (AvgIpc) is 2.33. The highest BCUT2D eigenvalue weighted by Crippen LogP contribution is 2.61. The summed E-state index contributed by atoms with van der Waals surface area (Å²) >= 11 is 0. The lowest BCUT2D eigenvalue weighted by atomic mass is 9.49. The molecule has 4 aliphatic carbocycles. The Labute approximate surface area is 115 Å². The number of aliphatic hydroxyl groups excluding tert-OH is 1. The zero-order valence-corrected chi connectivity index (χ0v) is 11.6. The van der Waals surface area contributed by atoms with E-state index in [1.807, 2.05) is 0 Å². The molecule has 4 rings (SSSR count). The third-order valence-electron chi connectivity index (χ3n) is 5.42. The number of carbonyl (C=O) groups excluding carboxylic acids is 1. The lowest BCUT2D eigenvalue weighted by molar-refractivity contribution is -0.153. The van der Waals surface area contributed by atoms with E-state index in [1.165, 1.54) is 38.5 Å². The van der Waals surface area contributed by atoms with Crippen molar-refractivity contribution >= 4 is 5.97 Å². The molecule has 19 heavy (non-hydrogen) atoms. The van der Waals surface area contributed by atoms with E-state index in [-0.39, 0.29) is 30.5 Å². The summed E-state index contributed by atoms with van der Waals surface area (Å²) in [5.41, 5.74) is 0.252. The van der Waals surface area contributed by atoms with Gasteiger partial charge in [-0.15, -0.1) is 0 Å². The molecule has 1 radical (unpaired) electrons. The van der Waals surface area contributed by atoms with Crippen molar-refractivity contribution in [3.8, 4) is 0 Å². The zero-order chi connectivity index (χ0) is 13.5. The van der Waals surface area contributed by atoms with Crippen molar-refractivity contribution < 1.29 is 14.6 Å². The molecule has 1 atom stereocenters. The summed E-state index contributed by atoms with van der Waals surface area (Å²) in [6.07, 6.45) is 8.51. The summed E-state index contributed by atoms with van der Waals surface area (Å²) in [4.78, 5) is 12.0. The Balaban J connectivity index is 1.56. The van der Waals surface area contributed by atoms with Gasteiger partial charge in [0.25, 0.3) is 0 Å². The van der Waals surface area contributed by atoms with Crippen molar-refractivity contribution in [1.82, 2.24) is 0 Å². The van der Waals surface area contributed by atoms with Crippen molar-refractivity contribution in [3.05, 3.63) is 6.92 Å². The molecule has 4 bridgehead atoms. The van der Waals surface area contributed by atoms with Crippen LogP contribution in [0.4, 0.5) is 0 Å². The number of hydrogen-bond donors (Lipinski definition) is 1. The van der Waals surface area contributed by atoms with Crippen LogP contribution in [-0.2, 0) is 9.53 Å². The van der Waals surface area contributed by atoms with Gasteiger partial charge < -0.3 is 9.84 Å². The molecule has 0 spiro atoms. The van der Waals surface area contributed by atoms with Gasteiger partial charge in [-0.3, -0.25) is 4.79 Å². The third-order valence-corrected chi connectivity index (χ3v) is 5.42. The molecular formula is C16H25O3. The number of carbonyl (C=O) groups is 1. The van der Waals surface area contributed by atoms with Crippen LogP contribution < -0.4 is 0 Å². The van der Waals surface area contributed by atoms with Gasteiger partial charge in [0.05, 0.1) is 13.0 Å². The second-order valence-electron chi connectivity index (χ2n) is 7.33. The molecule has 3 nitrogen and oxygen atoms in total. The fraction of sp³-hybridized carbons (Fsp3) is 0.875. The van der Waals surface area contributed by atoms with E-state index < -0.39 is 0 Å². The van der Waals surface area contributed by atoms with Crippen molar-refractivity contribution in [2.75, 3.05) is 13.2 Å². The maximum absolute atomic E-state index is 12.0. The highest BCUT2D eigenvalue weighted by Gasteiger charge is 2.51. The first kappa shape index (κ1) is 13.4. The van der Waals surface area contributed by atoms with E-state index in [1.54, 1.807) is 0 Å². The molecule has 4 aliphatic rings. The molecular weight excluding hydrogens is 240 g/mol. The molecule has 0 saturated heterocycles. The van der Waals surface area contributed by atoms with Gasteiger partial charge in [0.2, 0.25) is 0 Å². The van der Waals surface area contributed by atoms with Crippen molar-refractivity contribution in [2.24, 2.45) is 29.1 Å². The predicted molar refractivity (Wildman–Crippen MR) is 72.1 cm³/mol. The average molecular weight is 265 g/mol. The molecule has 1 unspecified atom stereocenters. The summed E-state index contributed by atoms with van der Waals surface area (Å²) in [6, 6.07) is 0. The van der Waals surface area contributed by atoms with Crippen LogP contribution >= 0.6 is 0 Å². The largest absolute Gasteiger partial charge is 0.465 e. The molecule has 107 valence electrons. The quantitative estimate of drug-likeness (QED) is 0.777. The minimum absolute atomic E-state index is 0.0232. The smallest absolute Gasteiger partial charge is 0.306 e. The first-order chi connectivity index (χ1) is 9.08. The molecule has 3 heteroatoms. The van der Waals surface area contributed by atoms with E-state index in [0.717, 1.165) is 17.8 Å². The van der Waals surface area contributed by atoms with Crippen LogP contribution in [0.2, 0.25) is 0 Å². The Morgan fingerprint density at radius 1 is 1.21 bits per heavy atom. The Morgan fingerprint density at radius 2 is 1.74 bits per heavy atom. The third kappa shape index (κ3) is 2.81. The lowest BCUT2D eigenvalue weighted by Gasteiger charge is -2.56. The maximum Gasteiger partial charge on any atom is 0.306 e. The number of rotatable bonds is 5. The lowest BCUT2D eigenvalue weighted by Crippen LogP contribution is -2.47. The first-order valence-electron chi connectivity index (χ1n) is 7.68. The standard InChI is InChI=1S/C16H25O3/c1-11(9-17)10-19-15(18)8-16-5-12-2-13(6-16)4-14(3-12)7-16/h11-14,17H,1-10H2. The topological polar surface area (TPSA) is 46.5 Å².